The van der Waals surface area contributed by atoms with Gasteiger partial charge in [-0.15, -0.1) is 0 Å². The Kier molecular flexibility index (Phi) is 12.5. The summed E-state index contributed by atoms with van der Waals surface area (Å²) in [6, 6.07) is 20.0. The Labute approximate surface area is 110 Å². The number of hydrogen-bond donors (Lipinski definition) is 0. The van der Waals surface area contributed by atoms with Gasteiger partial charge in [0, 0.05) is 0 Å². The molecule has 0 aromatic heterocycles. The molecule has 0 atom stereocenters. The largest absolute Gasteiger partial charge is 0.214 e. The fourth-order valence-corrected chi connectivity index (χ4v) is 0.642. The number of halogens is 3. The van der Waals surface area contributed by atoms with E-state index in [0.29, 0.717) is 0 Å². The van der Waals surface area contributed by atoms with Gasteiger partial charge >= 0.3 is 51.0 Å². The molecule has 0 aliphatic carbocycles. The summed E-state index contributed by atoms with van der Waals surface area (Å²) < 4.78 is 0. The van der Waals surface area contributed by atoms with Gasteiger partial charge in [-0.3, -0.25) is 0 Å². The predicted molar refractivity (Wildman–Crippen MR) is 70.9 cm³/mol. The molecule has 0 saturated carbocycles. The van der Waals surface area contributed by atoms with Crippen molar-refractivity contribution in [2.24, 2.45) is 0 Å². The molecule has 0 spiro atoms. The second-order valence-electron chi connectivity index (χ2n) is 2.07. The van der Waals surface area contributed by atoms with E-state index in [-0.39, 0.29) is 0 Å². The number of hydrogen-bond acceptors (Lipinski definition) is 0. The average molecular weight is 562 g/mol. The molecule has 0 N–H and O–H groups in total. The van der Waals surface area contributed by atoms with Crippen LogP contribution < -0.4 is 0 Å². The summed E-state index contributed by atoms with van der Waals surface area (Å²) in [7, 11) is -0.896. The van der Waals surface area contributed by atoms with Crippen molar-refractivity contribution >= 4 is 40.5 Å². The van der Waals surface area contributed by atoms with Gasteiger partial charge in [-0.25, -0.2) is 24.3 Å². The van der Waals surface area contributed by atoms with Crippen LogP contribution in [0.15, 0.2) is 60.7 Å². The molecule has 0 saturated heterocycles. The third-order valence-corrected chi connectivity index (χ3v) is 1.11. The minimum absolute atomic E-state index is 0.896. The second kappa shape index (κ2) is 11.9. The molecule has 0 fully saturated rings. The van der Waals surface area contributed by atoms with Crippen molar-refractivity contribution in [1.82, 2.24) is 0 Å². The van der Waals surface area contributed by atoms with E-state index in [2.05, 4.69) is 40.5 Å². The van der Waals surface area contributed by atoms with Crippen LogP contribution in [-0.4, -0.2) is 0 Å². The molecule has 0 aliphatic rings. The van der Waals surface area contributed by atoms with Crippen molar-refractivity contribution in [3.63, 3.8) is 0 Å². The van der Waals surface area contributed by atoms with Crippen LogP contribution in [0.2, 0.25) is 0 Å². The quantitative estimate of drug-likeness (QED) is 0.381. The van der Waals surface area contributed by atoms with Crippen LogP contribution in [0, 0.1) is 0 Å². The monoisotopic (exact) mass is 560 g/mol. The van der Waals surface area contributed by atoms with Crippen LogP contribution in [0.5, 0.6) is 0 Å². The van der Waals surface area contributed by atoms with E-state index in [0.717, 1.165) is 0 Å². The first-order chi connectivity index (χ1) is 6.73. The van der Waals surface area contributed by atoms with Crippen LogP contribution in [0.4, 0.5) is 0 Å². The first-order valence-corrected chi connectivity index (χ1v) is 19.4. The van der Waals surface area contributed by atoms with Crippen LogP contribution in [0.1, 0.15) is 0 Å². The summed E-state index contributed by atoms with van der Waals surface area (Å²) in [4.78, 5) is 0. The molecule has 4 heteroatoms. The summed E-state index contributed by atoms with van der Waals surface area (Å²) in [5, 5.41) is 0. The summed E-state index contributed by atoms with van der Waals surface area (Å²) >= 11 is 9.81. The summed E-state index contributed by atoms with van der Waals surface area (Å²) in [6.07, 6.45) is 0. The van der Waals surface area contributed by atoms with Crippen LogP contribution in [-0.2, 0) is 10.5 Å². The van der Waals surface area contributed by atoms with E-state index in [4.69, 9.17) is 0 Å². The van der Waals surface area contributed by atoms with Gasteiger partial charge < -0.3 is 0 Å². The van der Waals surface area contributed by atoms with Crippen molar-refractivity contribution in [3.8, 4) is 0 Å². The van der Waals surface area contributed by atoms with E-state index in [9.17, 15) is 0 Å². The van der Waals surface area contributed by atoms with E-state index in [1.54, 1.807) is 0 Å². The SMILES string of the molecule is [Br][Ir]([Br])[Br].c1cc[cH-]c1.c1cc[cH-]c1. The molecule has 14 heavy (non-hydrogen) atoms. The van der Waals surface area contributed by atoms with Gasteiger partial charge in [0.1, 0.15) is 0 Å². The molecule has 0 bridgehead atoms. The molecule has 0 nitrogen and oxygen atoms in total. The van der Waals surface area contributed by atoms with Gasteiger partial charge in [0.2, 0.25) is 0 Å². The maximum Gasteiger partial charge on any atom is -0.172 e. The van der Waals surface area contributed by atoms with Crippen LogP contribution in [0.3, 0.4) is 0 Å². The fraction of sp³-hybridized carbons (Fsp3) is 0. The molecule has 2 rings (SSSR count). The maximum absolute atomic E-state index is 3.27. The molecule has 0 amide bonds. The molecule has 82 valence electrons. The Balaban J connectivity index is 0.000000183. The molecular formula is C10H10Br3Ir-2. The smallest absolute Gasteiger partial charge is 0.172 e. The van der Waals surface area contributed by atoms with Crippen molar-refractivity contribution in [2.45, 2.75) is 0 Å². The number of rotatable bonds is 0. The van der Waals surface area contributed by atoms with Crippen molar-refractivity contribution < 1.29 is 10.5 Å². The molecular weight excluding hydrogens is 552 g/mol. The Hall–Kier alpha value is 0.789. The normalized spacial score (nSPS) is 8.93. The average Bonchev–Trinajstić information content (AvgIpc) is 2.83. The molecule has 0 radical (unpaired) electrons. The Morgan fingerprint density at radius 1 is 0.643 bits per heavy atom. The van der Waals surface area contributed by atoms with Crippen molar-refractivity contribution in [1.29, 1.82) is 0 Å². The zero-order valence-electron chi connectivity index (χ0n) is 7.24. The molecule has 0 heterocycles. The van der Waals surface area contributed by atoms with Gasteiger partial charge in [0.15, 0.2) is 0 Å². The first kappa shape index (κ1) is 14.8. The molecule has 0 aliphatic heterocycles. The van der Waals surface area contributed by atoms with Gasteiger partial charge in [-0.1, -0.05) is 0 Å². The first-order valence-electron chi connectivity index (χ1n) is 3.71. The van der Waals surface area contributed by atoms with Gasteiger partial charge in [-0.2, -0.15) is 36.4 Å². The molecule has 0 unspecified atom stereocenters. The third-order valence-electron chi connectivity index (χ3n) is 1.11. The van der Waals surface area contributed by atoms with Gasteiger partial charge in [0.05, 0.1) is 0 Å². The third kappa shape index (κ3) is 15.3. The Bertz CT molecular complexity index is 187. The van der Waals surface area contributed by atoms with E-state index in [1.165, 1.54) is 0 Å². The molecule has 2 aromatic carbocycles. The van der Waals surface area contributed by atoms with E-state index >= 15 is 0 Å². The maximum atomic E-state index is 3.27. The minimum atomic E-state index is -0.896. The zero-order valence-corrected chi connectivity index (χ0v) is 14.4. The predicted octanol–water partition coefficient (Wildman–Crippen LogP) is 5.35. The van der Waals surface area contributed by atoms with Crippen molar-refractivity contribution in [3.05, 3.63) is 60.7 Å². The topological polar surface area (TPSA) is 0 Å². The zero-order chi connectivity index (χ0) is 10.6. The second-order valence-corrected chi connectivity index (χ2v) is 33.5. The van der Waals surface area contributed by atoms with E-state index < -0.39 is 10.5 Å². The molecule has 2 aromatic rings. The summed E-state index contributed by atoms with van der Waals surface area (Å²) in [6.45, 7) is 0. The van der Waals surface area contributed by atoms with Crippen LogP contribution >= 0.6 is 40.5 Å². The Morgan fingerprint density at radius 3 is 0.929 bits per heavy atom. The van der Waals surface area contributed by atoms with Crippen molar-refractivity contribution in [2.75, 3.05) is 0 Å². The fourth-order valence-electron chi connectivity index (χ4n) is 0.642. The van der Waals surface area contributed by atoms with Crippen LogP contribution in [0.25, 0.3) is 0 Å². The minimum Gasteiger partial charge on any atom is -0.214 e. The summed E-state index contributed by atoms with van der Waals surface area (Å²) in [5.41, 5.74) is 0. The van der Waals surface area contributed by atoms with Gasteiger partial charge in [0.25, 0.3) is 0 Å². The van der Waals surface area contributed by atoms with Gasteiger partial charge in [-0.05, 0) is 0 Å². The Morgan fingerprint density at radius 2 is 0.857 bits per heavy atom. The standard InChI is InChI=1S/2C5H5.3BrH.Ir/c2*1-2-4-5-3-1;;;;/h2*1-5H;3*1H;/q2*-1;;;;+3/p-3. The van der Waals surface area contributed by atoms with E-state index in [1.807, 2.05) is 60.7 Å². The summed E-state index contributed by atoms with van der Waals surface area (Å²) in [5.74, 6) is 0.